The molecule has 0 aliphatic carbocycles. The molecule has 10 heavy (non-hydrogen) atoms. The highest BCUT2D eigenvalue weighted by Crippen LogP contribution is 2.02. The zero-order valence-electron chi connectivity index (χ0n) is 7.10. The van der Waals surface area contributed by atoms with E-state index in [0.29, 0.717) is 0 Å². The molecule has 0 aromatic heterocycles. The van der Waals surface area contributed by atoms with Crippen LogP contribution in [0, 0.1) is 0 Å². The Bertz CT molecular complexity index is 70.6. The summed E-state index contributed by atoms with van der Waals surface area (Å²) in [5, 5.41) is 0. The van der Waals surface area contributed by atoms with Gasteiger partial charge >= 0.3 is 0 Å². The van der Waals surface area contributed by atoms with E-state index in [1.165, 1.54) is 12.1 Å². The van der Waals surface area contributed by atoms with Crippen molar-refractivity contribution in [1.29, 1.82) is 0 Å². The van der Waals surface area contributed by atoms with Crippen molar-refractivity contribution >= 4 is 9.04 Å². The van der Waals surface area contributed by atoms with E-state index < -0.39 is 9.04 Å². The molecule has 62 valence electrons. The Hall–Kier alpha value is 0.137. The summed E-state index contributed by atoms with van der Waals surface area (Å²) in [7, 11) is -0.811. The Morgan fingerprint density at radius 1 is 1.40 bits per heavy atom. The molecule has 0 spiro atoms. The minimum atomic E-state index is -0.811. The van der Waals surface area contributed by atoms with Gasteiger partial charge in [-0.05, 0) is 32.0 Å². The SMILES string of the molecule is CCO[SiH](CC)CCCN. The third kappa shape index (κ3) is 4.96. The predicted molar refractivity (Wildman–Crippen MR) is 47.7 cm³/mol. The fraction of sp³-hybridized carbons (Fsp3) is 1.00. The van der Waals surface area contributed by atoms with Crippen molar-refractivity contribution in [2.45, 2.75) is 32.4 Å². The highest BCUT2D eigenvalue weighted by Gasteiger charge is 2.06. The summed E-state index contributed by atoms with van der Waals surface area (Å²) in [6.45, 7) is 5.98. The van der Waals surface area contributed by atoms with Crippen molar-refractivity contribution in [2.75, 3.05) is 13.2 Å². The fourth-order valence-corrected chi connectivity index (χ4v) is 2.96. The Balaban J connectivity index is 3.21. The van der Waals surface area contributed by atoms with Gasteiger partial charge in [0.05, 0.1) is 0 Å². The second kappa shape index (κ2) is 7.25. The first-order chi connectivity index (χ1) is 4.85. The molecule has 0 aromatic carbocycles. The molecule has 3 heteroatoms. The molecular formula is C7H19NOSi. The molecule has 0 aromatic rings. The van der Waals surface area contributed by atoms with Crippen LogP contribution in [0.25, 0.3) is 0 Å². The van der Waals surface area contributed by atoms with Crippen molar-refractivity contribution < 1.29 is 4.43 Å². The lowest BCUT2D eigenvalue weighted by Gasteiger charge is -2.11. The lowest BCUT2D eigenvalue weighted by Crippen LogP contribution is -2.17. The highest BCUT2D eigenvalue weighted by atomic mass is 28.3. The van der Waals surface area contributed by atoms with E-state index in [1.54, 1.807) is 0 Å². The van der Waals surface area contributed by atoms with Gasteiger partial charge in [-0.1, -0.05) is 6.92 Å². The van der Waals surface area contributed by atoms with E-state index in [9.17, 15) is 0 Å². The van der Waals surface area contributed by atoms with Gasteiger partial charge < -0.3 is 10.2 Å². The van der Waals surface area contributed by atoms with Crippen molar-refractivity contribution in [1.82, 2.24) is 0 Å². The first-order valence-electron chi connectivity index (χ1n) is 4.16. The topological polar surface area (TPSA) is 35.2 Å². The van der Waals surface area contributed by atoms with E-state index in [-0.39, 0.29) is 0 Å². The summed E-state index contributed by atoms with van der Waals surface area (Å²) < 4.78 is 5.58. The minimum absolute atomic E-state index is 0.811. The van der Waals surface area contributed by atoms with E-state index in [4.69, 9.17) is 10.2 Å². The van der Waals surface area contributed by atoms with Crippen molar-refractivity contribution in [3.8, 4) is 0 Å². The van der Waals surface area contributed by atoms with E-state index in [2.05, 4.69) is 13.8 Å². The summed E-state index contributed by atoms with van der Waals surface area (Å²) in [4.78, 5) is 0. The van der Waals surface area contributed by atoms with Gasteiger partial charge in [-0.25, -0.2) is 0 Å². The maximum atomic E-state index is 5.58. The average molecular weight is 161 g/mol. The molecule has 0 heterocycles. The molecule has 0 radical (unpaired) electrons. The molecule has 2 N–H and O–H groups in total. The van der Waals surface area contributed by atoms with Gasteiger partial charge in [-0.2, -0.15) is 0 Å². The lowest BCUT2D eigenvalue weighted by atomic mass is 10.5. The molecular weight excluding hydrogens is 142 g/mol. The van der Waals surface area contributed by atoms with E-state index in [1.807, 2.05) is 0 Å². The van der Waals surface area contributed by atoms with Gasteiger partial charge in [0.25, 0.3) is 0 Å². The Labute approximate surface area is 65.5 Å². The number of rotatable bonds is 6. The van der Waals surface area contributed by atoms with Crippen LogP contribution < -0.4 is 5.73 Å². The third-order valence-electron chi connectivity index (χ3n) is 1.59. The molecule has 0 saturated heterocycles. The molecule has 0 fully saturated rings. The summed E-state index contributed by atoms with van der Waals surface area (Å²) in [5.74, 6) is 0. The van der Waals surface area contributed by atoms with Crippen LogP contribution in [-0.4, -0.2) is 22.2 Å². The highest BCUT2D eigenvalue weighted by molar-refractivity contribution is 6.51. The number of nitrogens with two attached hydrogens (primary N) is 1. The smallest absolute Gasteiger partial charge is 0.176 e. The lowest BCUT2D eigenvalue weighted by molar-refractivity contribution is 0.341. The number of hydrogen-bond donors (Lipinski definition) is 1. The van der Waals surface area contributed by atoms with E-state index >= 15 is 0 Å². The van der Waals surface area contributed by atoms with Crippen LogP contribution in [0.5, 0.6) is 0 Å². The summed E-state index contributed by atoms with van der Waals surface area (Å²) in [6.07, 6.45) is 1.14. The summed E-state index contributed by atoms with van der Waals surface area (Å²) >= 11 is 0. The van der Waals surface area contributed by atoms with Crippen LogP contribution in [0.2, 0.25) is 12.1 Å². The monoisotopic (exact) mass is 161 g/mol. The van der Waals surface area contributed by atoms with E-state index in [0.717, 1.165) is 19.6 Å². The van der Waals surface area contributed by atoms with Gasteiger partial charge in [0, 0.05) is 6.61 Å². The van der Waals surface area contributed by atoms with Gasteiger partial charge in [0.15, 0.2) is 9.04 Å². The van der Waals surface area contributed by atoms with Crippen LogP contribution in [0.3, 0.4) is 0 Å². The normalized spacial score (nSPS) is 13.5. The maximum absolute atomic E-state index is 5.58. The Morgan fingerprint density at radius 2 is 2.10 bits per heavy atom. The van der Waals surface area contributed by atoms with Gasteiger partial charge in [-0.3, -0.25) is 0 Å². The Kier molecular flexibility index (Phi) is 7.35. The van der Waals surface area contributed by atoms with Gasteiger partial charge in [0.1, 0.15) is 0 Å². The molecule has 1 atom stereocenters. The summed E-state index contributed by atoms with van der Waals surface area (Å²) in [6, 6.07) is 2.49. The largest absolute Gasteiger partial charge is 0.420 e. The zero-order valence-corrected chi connectivity index (χ0v) is 8.25. The molecule has 0 rings (SSSR count). The molecule has 0 amide bonds. The Morgan fingerprint density at radius 3 is 2.50 bits per heavy atom. The van der Waals surface area contributed by atoms with Crippen LogP contribution in [0.4, 0.5) is 0 Å². The minimum Gasteiger partial charge on any atom is -0.420 e. The van der Waals surface area contributed by atoms with Crippen molar-refractivity contribution in [2.24, 2.45) is 5.73 Å². The van der Waals surface area contributed by atoms with Crippen molar-refractivity contribution in [3.05, 3.63) is 0 Å². The van der Waals surface area contributed by atoms with Gasteiger partial charge in [0.2, 0.25) is 0 Å². The van der Waals surface area contributed by atoms with Crippen LogP contribution in [-0.2, 0) is 4.43 Å². The standard InChI is InChI=1S/C7H19NOSi/c1-3-9-10(4-2)7-5-6-8/h10H,3-8H2,1-2H3. The average Bonchev–Trinajstić information content (AvgIpc) is 1.98. The van der Waals surface area contributed by atoms with Crippen molar-refractivity contribution in [3.63, 3.8) is 0 Å². The first-order valence-corrected chi connectivity index (χ1v) is 6.27. The molecule has 0 aliphatic heterocycles. The molecule has 0 aliphatic rings. The summed E-state index contributed by atoms with van der Waals surface area (Å²) in [5.41, 5.74) is 5.39. The first kappa shape index (κ1) is 10.1. The predicted octanol–water partition coefficient (Wildman–Crippen LogP) is 1.12. The second-order valence-corrected chi connectivity index (χ2v) is 5.39. The third-order valence-corrected chi connectivity index (χ3v) is 4.36. The van der Waals surface area contributed by atoms with Crippen LogP contribution >= 0.6 is 0 Å². The van der Waals surface area contributed by atoms with Gasteiger partial charge in [-0.15, -0.1) is 0 Å². The molecule has 1 unspecified atom stereocenters. The zero-order chi connectivity index (χ0) is 7.82. The molecule has 0 bridgehead atoms. The quantitative estimate of drug-likeness (QED) is 0.592. The molecule has 0 saturated carbocycles. The second-order valence-electron chi connectivity index (χ2n) is 2.42. The molecule has 2 nitrogen and oxygen atoms in total. The van der Waals surface area contributed by atoms with Crippen LogP contribution in [0.1, 0.15) is 20.3 Å². The maximum Gasteiger partial charge on any atom is 0.176 e. The van der Waals surface area contributed by atoms with Crippen LogP contribution in [0.15, 0.2) is 0 Å². The number of hydrogen-bond acceptors (Lipinski definition) is 2. The fourth-order valence-electron chi connectivity index (χ4n) is 0.987.